The first-order valence-corrected chi connectivity index (χ1v) is 11.8. The van der Waals surface area contributed by atoms with Gasteiger partial charge in [-0.3, -0.25) is 10.2 Å². The molecule has 1 aliphatic rings. The molecule has 12 heteroatoms. The molecule has 194 valence electrons. The van der Waals surface area contributed by atoms with Crippen LogP contribution in [0.4, 0.5) is 16.7 Å². The summed E-state index contributed by atoms with van der Waals surface area (Å²) in [5, 5.41) is 5.89. The minimum absolute atomic E-state index is 0. The van der Waals surface area contributed by atoms with Gasteiger partial charge < -0.3 is 19.8 Å². The van der Waals surface area contributed by atoms with Crippen LogP contribution in [0.25, 0.3) is 33.5 Å². The number of H-pyrrole nitrogens is 1. The number of nitrogens with zero attached hydrogens (tertiary/aromatic N) is 6. The molecular formula is C25H31N9O3. The van der Waals surface area contributed by atoms with E-state index in [2.05, 4.69) is 45.4 Å². The molecule has 0 atom stereocenters. The number of nitrogens with one attached hydrogen (secondary N) is 3. The number of hydrogen-bond donors (Lipinski definition) is 3. The Kier molecular flexibility index (Phi) is 8.54. The number of carbonyl (C=O) groups is 1. The molecule has 1 aliphatic heterocycles. The van der Waals surface area contributed by atoms with Gasteiger partial charge in [0.05, 0.1) is 25.3 Å². The largest absolute Gasteiger partial charge is 0.450 e. The van der Waals surface area contributed by atoms with Gasteiger partial charge in [0.1, 0.15) is 5.52 Å². The number of aromatic nitrogens is 6. The minimum Gasteiger partial charge on any atom is -0.450 e. The van der Waals surface area contributed by atoms with E-state index in [0.29, 0.717) is 28.4 Å². The smallest absolute Gasteiger partial charge is 0.413 e. The molecule has 0 spiro atoms. The maximum Gasteiger partial charge on any atom is 0.413 e. The third-order valence-corrected chi connectivity index (χ3v) is 5.69. The molecule has 3 N–H and O–H groups in total. The van der Waals surface area contributed by atoms with E-state index in [0.717, 1.165) is 50.5 Å². The van der Waals surface area contributed by atoms with Gasteiger partial charge in [0.25, 0.3) is 0 Å². The number of carbonyl (C=O) groups excluding carboxylic acids is 1. The second kappa shape index (κ2) is 12.2. The molecule has 1 saturated heterocycles. The zero-order chi connectivity index (χ0) is 24.7. The van der Waals surface area contributed by atoms with E-state index in [9.17, 15) is 4.79 Å². The summed E-state index contributed by atoms with van der Waals surface area (Å²) in [7, 11) is 0. The third-order valence-electron chi connectivity index (χ3n) is 5.69. The van der Waals surface area contributed by atoms with E-state index in [1.165, 1.54) is 0 Å². The number of fused-ring (bicyclic) bond motifs is 1. The molecule has 3 aromatic heterocycles. The highest BCUT2D eigenvalue weighted by Crippen LogP contribution is 2.32. The predicted molar refractivity (Wildman–Crippen MR) is 141 cm³/mol. The number of rotatable bonds is 8. The molecule has 5 rings (SSSR count). The van der Waals surface area contributed by atoms with Crippen molar-refractivity contribution >= 4 is 29.0 Å². The van der Waals surface area contributed by atoms with E-state index >= 15 is 0 Å². The van der Waals surface area contributed by atoms with Crippen molar-refractivity contribution in [3.05, 3.63) is 43.0 Å². The van der Waals surface area contributed by atoms with E-state index in [1.54, 1.807) is 37.8 Å². The summed E-state index contributed by atoms with van der Waals surface area (Å²) in [5.74, 6) is 1.36. The number of amides is 1. The lowest BCUT2D eigenvalue weighted by atomic mass is 10.0. The van der Waals surface area contributed by atoms with E-state index < -0.39 is 6.09 Å². The highest BCUT2D eigenvalue weighted by Gasteiger charge is 2.16. The lowest BCUT2D eigenvalue weighted by Crippen LogP contribution is -2.39. The van der Waals surface area contributed by atoms with E-state index in [-0.39, 0.29) is 20.0 Å². The summed E-state index contributed by atoms with van der Waals surface area (Å²) in [6.45, 7) is 7.12. The highest BCUT2D eigenvalue weighted by molar-refractivity contribution is 5.96. The standard InChI is InChI=1S/C24H27N9O3.CH4/c1-2-36-24(34)32-23-30-19-13-16(12-18(20(19)31-23)21-25-4-3-5-26-21)17-14-28-22(29-15-17)27-6-7-33-8-10-35-11-9-33;/h3-5,12-15H,2,6-11H2,1H3,(H,27,28,29)(H2,30,31,32,34);1H4. The average molecular weight is 506 g/mol. The maximum absolute atomic E-state index is 11.9. The summed E-state index contributed by atoms with van der Waals surface area (Å²) < 4.78 is 10.3. The first kappa shape index (κ1) is 25.9. The Morgan fingerprint density at radius 2 is 1.86 bits per heavy atom. The van der Waals surface area contributed by atoms with Crippen LogP contribution in [0, 0.1) is 0 Å². The zero-order valence-electron chi connectivity index (χ0n) is 19.9. The second-order valence-corrected chi connectivity index (χ2v) is 8.10. The van der Waals surface area contributed by atoms with Crippen molar-refractivity contribution in [2.75, 3.05) is 56.6 Å². The molecule has 1 fully saturated rings. The van der Waals surface area contributed by atoms with Crippen molar-refractivity contribution < 1.29 is 14.3 Å². The van der Waals surface area contributed by atoms with Crippen molar-refractivity contribution in [1.29, 1.82) is 0 Å². The second-order valence-electron chi connectivity index (χ2n) is 8.10. The Morgan fingerprint density at radius 1 is 1.11 bits per heavy atom. The molecule has 0 radical (unpaired) electrons. The molecule has 4 heterocycles. The summed E-state index contributed by atoms with van der Waals surface area (Å²) in [6.07, 6.45) is 6.31. The van der Waals surface area contributed by atoms with Crippen LogP contribution < -0.4 is 10.6 Å². The summed E-state index contributed by atoms with van der Waals surface area (Å²) in [6, 6.07) is 5.62. The molecule has 0 unspecified atom stereocenters. The number of morpholine rings is 1. The monoisotopic (exact) mass is 505 g/mol. The fourth-order valence-corrected chi connectivity index (χ4v) is 3.93. The van der Waals surface area contributed by atoms with Gasteiger partial charge in [-0.25, -0.2) is 29.7 Å². The minimum atomic E-state index is -0.584. The number of anilines is 2. The van der Waals surface area contributed by atoms with Crippen molar-refractivity contribution in [1.82, 2.24) is 34.8 Å². The summed E-state index contributed by atoms with van der Waals surface area (Å²) in [4.78, 5) is 39.7. The van der Waals surface area contributed by atoms with Crippen molar-refractivity contribution in [3.63, 3.8) is 0 Å². The number of aromatic amines is 1. The third kappa shape index (κ3) is 6.35. The molecule has 12 nitrogen and oxygen atoms in total. The SMILES string of the molecule is C.CCOC(=O)Nc1nc2c(-c3ncccn3)cc(-c3cnc(NCCN4CCOCC4)nc3)cc2[nH]1. The first-order chi connectivity index (χ1) is 17.7. The number of hydrogen-bond acceptors (Lipinski definition) is 10. The first-order valence-electron chi connectivity index (χ1n) is 11.8. The molecule has 0 saturated carbocycles. The van der Waals surface area contributed by atoms with Crippen molar-refractivity contribution in [2.24, 2.45) is 0 Å². The summed E-state index contributed by atoms with van der Waals surface area (Å²) >= 11 is 0. The molecule has 4 aromatic rings. The molecule has 0 aliphatic carbocycles. The van der Waals surface area contributed by atoms with Crippen LogP contribution in [0.3, 0.4) is 0 Å². The summed E-state index contributed by atoms with van der Waals surface area (Å²) in [5.41, 5.74) is 3.72. The van der Waals surface area contributed by atoms with Crippen molar-refractivity contribution in [2.45, 2.75) is 14.4 Å². The highest BCUT2D eigenvalue weighted by atomic mass is 16.5. The van der Waals surface area contributed by atoms with Gasteiger partial charge >= 0.3 is 6.09 Å². The Labute approximate surface area is 214 Å². The molecule has 0 bridgehead atoms. The van der Waals surface area contributed by atoms with Gasteiger partial charge in [0.2, 0.25) is 11.9 Å². The van der Waals surface area contributed by atoms with Gasteiger partial charge in [-0.1, -0.05) is 7.43 Å². The average Bonchev–Trinajstić information content (AvgIpc) is 3.32. The lowest BCUT2D eigenvalue weighted by molar-refractivity contribution is 0.0398. The maximum atomic E-state index is 11.9. The van der Waals surface area contributed by atoms with Crippen LogP contribution in [0.15, 0.2) is 43.0 Å². The van der Waals surface area contributed by atoms with Crippen LogP contribution in [0.5, 0.6) is 0 Å². The van der Waals surface area contributed by atoms with Crippen LogP contribution in [-0.4, -0.2) is 86.9 Å². The number of benzene rings is 1. The number of ether oxygens (including phenoxy) is 2. The van der Waals surface area contributed by atoms with Gasteiger partial charge in [-0.15, -0.1) is 0 Å². The van der Waals surface area contributed by atoms with Crippen LogP contribution in [-0.2, 0) is 9.47 Å². The zero-order valence-corrected chi connectivity index (χ0v) is 19.9. The number of imidazole rings is 1. The van der Waals surface area contributed by atoms with Gasteiger partial charge in [0, 0.05) is 62.1 Å². The van der Waals surface area contributed by atoms with Gasteiger partial charge in [-0.2, -0.15) is 0 Å². The normalized spacial score (nSPS) is 13.6. The molecule has 1 aromatic carbocycles. The molecular weight excluding hydrogens is 474 g/mol. The quantitative estimate of drug-likeness (QED) is 0.326. The Morgan fingerprint density at radius 3 is 2.59 bits per heavy atom. The van der Waals surface area contributed by atoms with E-state index in [4.69, 9.17) is 9.47 Å². The Hall–Kier alpha value is -4.16. The van der Waals surface area contributed by atoms with Crippen LogP contribution >= 0.6 is 0 Å². The van der Waals surface area contributed by atoms with Crippen LogP contribution in [0.1, 0.15) is 14.4 Å². The molecule has 1 amide bonds. The van der Waals surface area contributed by atoms with Gasteiger partial charge in [0.15, 0.2) is 5.82 Å². The molecule has 37 heavy (non-hydrogen) atoms. The Balaban J connectivity index is 0.00000320. The topological polar surface area (TPSA) is 143 Å². The van der Waals surface area contributed by atoms with Crippen molar-refractivity contribution in [3.8, 4) is 22.5 Å². The Bertz CT molecular complexity index is 1310. The fourth-order valence-electron chi connectivity index (χ4n) is 3.93. The van der Waals surface area contributed by atoms with E-state index in [1.807, 2.05) is 12.1 Å². The lowest BCUT2D eigenvalue weighted by Gasteiger charge is -2.26. The fraction of sp³-hybridized carbons (Fsp3) is 0.360. The van der Waals surface area contributed by atoms with Gasteiger partial charge in [-0.05, 0) is 30.7 Å². The predicted octanol–water partition coefficient (Wildman–Crippen LogP) is 3.43. The van der Waals surface area contributed by atoms with Crippen LogP contribution in [0.2, 0.25) is 0 Å².